The van der Waals surface area contributed by atoms with Gasteiger partial charge in [-0.25, -0.2) is 5.06 Å². The van der Waals surface area contributed by atoms with Crippen LogP contribution in [0.3, 0.4) is 0 Å². The molecule has 2 heterocycles. The first-order valence-electron chi connectivity index (χ1n) is 9.02. The number of hydroxylamine groups is 1. The smallest absolute Gasteiger partial charge is 0.269 e. The Morgan fingerprint density at radius 3 is 2.21 bits per heavy atom. The Balaban J connectivity index is 1.79. The maximum absolute atomic E-state index is 13.1. The van der Waals surface area contributed by atoms with E-state index in [0.29, 0.717) is 11.3 Å². The quantitative estimate of drug-likeness (QED) is 0.459. The van der Waals surface area contributed by atoms with Crippen molar-refractivity contribution in [3.05, 3.63) is 70.3 Å². The first-order valence-corrected chi connectivity index (χ1v) is 9.02. The van der Waals surface area contributed by atoms with Crippen molar-refractivity contribution in [2.24, 2.45) is 5.92 Å². The highest BCUT2D eigenvalue weighted by molar-refractivity contribution is 6.08. The number of anilines is 1. The minimum atomic E-state index is -0.907. The van der Waals surface area contributed by atoms with E-state index in [2.05, 4.69) is 0 Å². The Hall–Kier alpha value is -3.26. The highest BCUT2D eigenvalue weighted by Gasteiger charge is 2.60. The topological polar surface area (TPSA) is 93.0 Å². The summed E-state index contributed by atoms with van der Waals surface area (Å²) in [5.74, 6) is -1.35. The number of hydrogen-bond acceptors (Lipinski definition) is 6. The second-order valence-electron chi connectivity index (χ2n) is 7.15. The molecule has 8 nitrogen and oxygen atoms in total. The lowest BCUT2D eigenvalue weighted by molar-refractivity contribution is -0.384. The number of nitrogens with zero attached hydrogens (tertiary/aromatic N) is 3. The van der Waals surface area contributed by atoms with Crippen molar-refractivity contribution in [1.29, 1.82) is 0 Å². The van der Waals surface area contributed by atoms with Gasteiger partial charge in [0.1, 0.15) is 5.92 Å². The molecule has 2 amide bonds. The van der Waals surface area contributed by atoms with E-state index in [0.717, 1.165) is 0 Å². The van der Waals surface area contributed by atoms with Crippen LogP contribution in [0.15, 0.2) is 54.6 Å². The molecule has 0 saturated carbocycles. The summed E-state index contributed by atoms with van der Waals surface area (Å²) in [7, 11) is 0. The SMILES string of the molecule is CC(C)N1C(=O)C2ON(c3ccccc3)C(c3ccc([N+](=O)[O-])cc3)C2C1=O. The minimum absolute atomic E-state index is 0.0388. The van der Waals surface area contributed by atoms with Gasteiger partial charge in [-0.1, -0.05) is 30.3 Å². The largest absolute Gasteiger partial charge is 0.277 e. The summed E-state index contributed by atoms with van der Waals surface area (Å²) in [5.41, 5.74) is 1.34. The molecule has 0 aromatic heterocycles. The Morgan fingerprint density at radius 2 is 1.64 bits per heavy atom. The summed E-state index contributed by atoms with van der Waals surface area (Å²) in [6, 6.07) is 14.4. The fourth-order valence-electron chi connectivity index (χ4n) is 3.88. The number of hydrogen-bond donors (Lipinski definition) is 0. The molecule has 2 aromatic rings. The number of likely N-dealkylation sites (tertiary alicyclic amines) is 1. The normalized spacial score (nSPS) is 24.2. The minimum Gasteiger partial charge on any atom is -0.277 e. The standard InChI is InChI=1S/C20H19N3O5/c1-12(2)21-19(24)16-17(13-8-10-15(11-9-13)23(26)27)22(28-18(16)20(21)25)14-6-4-3-5-7-14/h3-12,16-18H,1-2H3. The van der Waals surface area contributed by atoms with Crippen molar-refractivity contribution in [2.45, 2.75) is 32.0 Å². The molecular formula is C20H19N3O5. The number of benzene rings is 2. The predicted octanol–water partition coefficient (Wildman–Crippen LogP) is 2.85. The third kappa shape index (κ3) is 2.73. The monoisotopic (exact) mass is 381 g/mol. The summed E-state index contributed by atoms with van der Waals surface area (Å²) < 4.78 is 0. The zero-order chi connectivity index (χ0) is 20.0. The number of para-hydroxylation sites is 1. The molecule has 2 aliphatic rings. The van der Waals surface area contributed by atoms with Crippen LogP contribution in [-0.4, -0.2) is 33.8 Å². The molecule has 2 aliphatic heterocycles. The molecule has 2 saturated heterocycles. The molecule has 3 atom stereocenters. The van der Waals surface area contributed by atoms with Crippen LogP contribution >= 0.6 is 0 Å². The third-order valence-corrected chi connectivity index (χ3v) is 5.12. The van der Waals surface area contributed by atoms with Crippen LogP contribution in [0.4, 0.5) is 11.4 Å². The predicted molar refractivity (Wildman–Crippen MR) is 100 cm³/mol. The molecule has 0 aliphatic carbocycles. The van der Waals surface area contributed by atoms with Gasteiger partial charge < -0.3 is 0 Å². The van der Waals surface area contributed by atoms with Gasteiger partial charge in [0.15, 0.2) is 6.10 Å². The molecule has 2 fully saturated rings. The van der Waals surface area contributed by atoms with Crippen LogP contribution in [0, 0.1) is 16.0 Å². The Labute approximate surface area is 161 Å². The molecule has 0 radical (unpaired) electrons. The van der Waals surface area contributed by atoms with Gasteiger partial charge in [-0.3, -0.25) is 29.4 Å². The number of nitro groups is 1. The lowest BCUT2D eigenvalue weighted by Crippen LogP contribution is -2.41. The summed E-state index contributed by atoms with van der Waals surface area (Å²) >= 11 is 0. The van der Waals surface area contributed by atoms with E-state index >= 15 is 0 Å². The van der Waals surface area contributed by atoms with Gasteiger partial charge in [0.25, 0.3) is 11.6 Å². The zero-order valence-corrected chi connectivity index (χ0v) is 15.4. The second kappa shape index (κ2) is 6.72. The summed E-state index contributed by atoms with van der Waals surface area (Å²) in [6.07, 6.45) is -0.907. The number of imide groups is 1. The third-order valence-electron chi connectivity index (χ3n) is 5.12. The van der Waals surface area contributed by atoms with E-state index < -0.39 is 23.0 Å². The van der Waals surface area contributed by atoms with Gasteiger partial charge in [-0.2, -0.15) is 0 Å². The Kier molecular flexibility index (Phi) is 4.35. The molecule has 0 bridgehead atoms. The molecule has 28 heavy (non-hydrogen) atoms. The number of carbonyl (C=O) groups excluding carboxylic acids is 2. The Bertz CT molecular complexity index is 929. The molecule has 8 heteroatoms. The van der Waals surface area contributed by atoms with Crippen LogP contribution in [0.2, 0.25) is 0 Å². The summed E-state index contributed by atoms with van der Waals surface area (Å²) in [5, 5.41) is 12.6. The van der Waals surface area contributed by atoms with E-state index in [1.54, 1.807) is 31.0 Å². The van der Waals surface area contributed by atoms with Gasteiger partial charge in [0.2, 0.25) is 5.91 Å². The van der Waals surface area contributed by atoms with Gasteiger partial charge in [0.05, 0.1) is 16.7 Å². The average Bonchev–Trinajstić information content (AvgIpc) is 3.19. The second-order valence-corrected chi connectivity index (χ2v) is 7.15. The van der Waals surface area contributed by atoms with Crippen LogP contribution < -0.4 is 5.06 Å². The van der Waals surface area contributed by atoms with Crippen molar-refractivity contribution in [3.8, 4) is 0 Å². The molecule has 3 unspecified atom stereocenters. The number of non-ortho nitro benzene ring substituents is 1. The van der Waals surface area contributed by atoms with E-state index in [1.807, 2.05) is 30.3 Å². The van der Waals surface area contributed by atoms with Crippen molar-refractivity contribution in [2.75, 3.05) is 5.06 Å². The molecule has 0 N–H and O–H groups in total. The van der Waals surface area contributed by atoms with E-state index in [9.17, 15) is 19.7 Å². The van der Waals surface area contributed by atoms with Crippen LogP contribution in [-0.2, 0) is 14.4 Å². The summed E-state index contributed by atoms with van der Waals surface area (Å²) in [4.78, 5) is 43.6. The number of carbonyl (C=O) groups is 2. The van der Waals surface area contributed by atoms with Gasteiger partial charge in [-0.15, -0.1) is 0 Å². The van der Waals surface area contributed by atoms with Crippen LogP contribution in [0.25, 0.3) is 0 Å². The first kappa shape index (κ1) is 18.1. The molecule has 144 valence electrons. The van der Waals surface area contributed by atoms with Crippen molar-refractivity contribution >= 4 is 23.2 Å². The zero-order valence-electron chi connectivity index (χ0n) is 15.4. The van der Waals surface area contributed by atoms with Crippen LogP contribution in [0.1, 0.15) is 25.5 Å². The van der Waals surface area contributed by atoms with Crippen molar-refractivity contribution in [3.63, 3.8) is 0 Å². The maximum Gasteiger partial charge on any atom is 0.269 e. The Morgan fingerprint density at radius 1 is 1.00 bits per heavy atom. The number of amides is 2. The molecular weight excluding hydrogens is 362 g/mol. The molecule has 4 rings (SSSR count). The van der Waals surface area contributed by atoms with E-state index in [-0.39, 0.29) is 23.5 Å². The fraction of sp³-hybridized carbons (Fsp3) is 0.300. The highest BCUT2D eigenvalue weighted by Crippen LogP contribution is 2.47. The number of rotatable bonds is 4. The van der Waals surface area contributed by atoms with Gasteiger partial charge in [-0.05, 0) is 31.5 Å². The van der Waals surface area contributed by atoms with Crippen molar-refractivity contribution < 1.29 is 19.3 Å². The molecule has 0 spiro atoms. The van der Waals surface area contributed by atoms with Crippen LogP contribution in [0.5, 0.6) is 0 Å². The molecule has 2 aromatic carbocycles. The van der Waals surface area contributed by atoms with E-state index in [1.165, 1.54) is 17.0 Å². The fourth-order valence-corrected chi connectivity index (χ4v) is 3.88. The maximum atomic E-state index is 13.1. The van der Waals surface area contributed by atoms with Gasteiger partial charge in [0, 0.05) is 18.2 Å². The van der Waals surface area contributed by atoms with Gasteiger partial charge >= 0.3 is 0 Å². The average molecular weight is 381 g/mol. The van der Waals surface area contributed by atoms with E-state index in [4.69, 9.17) is 4.84 Å². The van der Waals surface area contributed by atoms with Crippen molar-refractivity contribution in [1.82, 2.24) is 4.90 Å². The summed E-state index contributed by atoms with van der Waals surface area (Å²) in [6.45, 7) is 3.57. The first-order chi connectivity index (χ1) is 13.4. The lowest BCUT2D eigenvalue weighted by Gasteiger charge is -2.29. The highest BCUT2D eigenvalue weighted by atomic mass is 16.7. The lowest BCUT2D eigenvalue weighted by atomic mass is 9.90. The number of fused-ring (bicyclic) bond motifs is 1. The number of nitro benzene ring substituents is 1.